The van der Waals surface area contributed by atoms with E-state index in [2.05, 4.69) is 0 Å². The van der Waals surface area contributed by atoms with Crippen LogP contribution in [0.2, 0.25) is 5.02 Å². The van der Waals surface area contributed by atoms with E-state index < -0.39 is 17.7 Å². The van der Waals surface area contributed by atoms with Crippen molar-refractivity contribution >= 4 is 29.1 Å². The van der Waals surface area contributed by atoms with Gasteiger partial charge in [-0.2, -0.15) is 0 Å². The maximum absolute atomic E-state index is 12.9. The van der Waals surface area contributed by atoms with E-state index in [-0.39, 0.29) is 24.5 Å². The van der Waals surface area contributed by atoms with Crippen molar-refractivity contribution in [2.45, 2.75) is 13.0 Å². The van der Waals surface area contributed by atoms with E-state index in [0.29, 0.717) is 21.9 Å². The lowest BCUT2D eigenvalue weighted by molar-refractivity contribution is -0.140. The van der Waals surface area contributed by atoms with Crippen LogP contribution in [0.5, 0.6) is 5.75 Å². The second kappa shape index (κ2) is 8.68. The fourth-order valence-corrected chi connectivity index (χ4v) is 3.60. The molecular weight excluding hydrogens is 394 g/mol. The quantitative estimate of drug-likeness (QED) is 0.442. The molecule has 152 valence electrons. The van der Waals surface area contributed by atoms with Gasteiger partial charge in [-0.1, -0.05) is 23.7 Å². The van der Waals surface area contributed by atoms with Gasteiger partial charge in [0.25, 0.3) is 11.7 Å². The summed E-state index contributed by atoms with van der Waals surface area (Å²) in [4.78, 5) is 27.0. The smallest absolute Gasteiger partial charge is 0.295 e. The summed E-state index contributed by atoms with van der Waals surface area (Å²) >= 11 is 6.00. The lowest BCUT2D eigenvalue weighted by Gasteiger charge is -2.25. The minimum absolute atomic E-state index is 0.0398. The Kier molecular flexibility index (Phi) is 6.25. The van der Waals surface area contributed by atoms with Gasteiger partial charge in [-0.05, 0) is 48.4 Å². The number of rotatable bonds is 6. The Labute approximate surface area is 174 Å². The number of nitrogens with zero attached hydrogens (tertiary/aromatic N) is 1. The largest absolute Gasteiger partial charge is 0.507 e. The molecule has 1 amide bonds. The van der Waals surface area contributed by atoms with E-state index in [9.17, 15) is 14.7 Å². The molecule has 2 aromatic carbocycles. The number of amides is 1. The van der Waals surface area contributed by atoms with Gasteiger partial charge in [0.15, 0.2) is 0 Å². The molecule has 0 unspecified atom stereocenters. The first-order valence-electron chi connectivity index (χ1n) is 9.06. The minimum Gasteiger partial charge on any atom is -0.507 e. The number of halogens is 1. The molecule has 0 radical (unpaired) electrons. The van der Waals surface area contributed by atoms with Crippen LogP contribution in [-0.4, -0.2) is 49.1 Å². The van der Waals surface area contributed by atoms with Crippen molar-refractivity contribution in [2.24, 2.45) is 0 Å². The third-order valence-corrected chi connectivity index (χ3v) is 5.18. The van der Waals surface area contributed by atoms with Crippen molar-refractivity contribution in [1.29, 1.82) is 0 Å². The maximum Gasteiger partial charge on any atom is 0.295 e. The van der Waals surface area contributed by atoms with E-state index in [1.54, 1.807) is 49.6 Å². The summed E-state index contributed by atoms with van der Waals surface area (Å²) in [5.74, 6) is -0.967. The zero-order valence-corrected chi connectivity index (χ0v) is 17.2. The van der Waals surface area contributed by atoms with Crippen LogP contribution in [0.15, 0.2) is 48.0 Å². The Morgan fingerprint density at radius 3 is 2.41 bits per heavy atom. The third-order valence-electron chi connectivity index (χ3n) is 4.93. The molecule has 0 saturated carbocycles. The Balaban J connectivity index is 2.15. The predicted molar refractivity (Wildman–Crippen MR) is 110 cm³/mol. The van der Waals surface area contributed by atoms with E-state index in [4.69, 9.17) is 21.1 Å². The van der Waals surface area contributed by atoms with Gasteiger partial charge < -0.3 is 19.5 Å². The van der Waals surface area contributed by atoms with Gasteiger partial charge in [-0.3, -0.25) is 9.59 Å². The molecule has 1 aliphatic rings. The van der Waals surface area contributed by atoms with Crippen LogP contribution in [-0.2, 0) is 14.3 Å². The average molecular weight is 416 g/mol. The Morgan fingerprint density at radius 1 is 1.14 bits per heavy atom. The molecule has 0 bridgehead atoms. The fraction of sp³-hybridized carbons (Fsp3) is 0.273. The van der Waals surface area contributed by atoms with Crippen molar-refractivity contribution < 1.29 is 24.2 Å². The molecule has 1 aliphatic heterocycles. The molecule has 2 aromatic rings. The number of aliphatic hydroxyl groups excluding tert-OH is 1. The molecule has 1 fully saturated rings. The average Bonchev–Trinajstić information content (AvgIpc) is 2.96. The van der Waals surface area contributed by atoms with Gasteiger partial charge in [-0.25, -0.2) is 0 Å². The standard InChI is InChI=1S/C22H22ClNO5/c1-13-12-15(6-9-17(13)29-3)20(25)18-19(14-4-7-16(23)8-5-14)24(10-11-28-2)22(27)21(18)26/h4-9,12,19,25H,10-11H2,1-3H3/b20-18+/t19-/m1/s1. The summed E-state index contributed by atoms with van der Waals surface area (Å²) in [6, 6.07) is 11.2. The Morgan fingerprint density at radius 2 is 1.83 bits per heavy atom. The summed E-state index contributed by atoms with van der Waals surface area (Å²) in [5, 5.41) is 11.5. The predicted octanol–water partition coefficient (Wildman–Crippen LogP) is 3.73. The molecule has 29 heavy (non-hydrogen) atoms. The molecule has 7 heteroatoms. The first-order chi connectivity index (χ1) is 13.9. The summed E-state index contributed by atoms with van der Waals surface area (Å²) in [7, 11) is 3.08. The number of methoxy groups -OCH3 is 2. The van der Waals surface area contributed by atoms with Gasteiger partial charge in [0.05, 0.1) is 25.3 Å². The first-order valence-corrected chi connectivity index (χ1v) is 9.44. The van der Waals surface area contributed by atoms with Crippen LogP contribution in [0.25, 0.3) is 5.76 Å². The first kappa shape index (κ1) is 20.9. The van der Waals surface area contributed by atoms with Crippen molar-refractivity contribution in [3.05, 3.63) is 69.8 Å². The molecule has 1 saturated heterocycles. The molecule has 3 rings (SSSR count). The summed E-state index contributed by atoms with van der Waals surface area (Å²) in [5.41, 5.74) is 1.95. The molecule has 1 atom stereocenters. The van der Waals surface area contributed by atoms with E-state index in [0.717, 1.165) is 5.56 Å². The topological polar surface area (TPSA) is 76.1 Å². The Bertz CT molecular complexity index is 968. The lowest BCUT2D eigenvalue weighted by Crippen LogP contribution is -2.32. The van der Waals surface area contributed by atoms with Crippen molar-refractivity contribution in [3.8, 4) is 5.75 Å². The second-order valence-corrected chi connectivity index (χ2v) is 7.16. The molecule has 0 aromatic heterocycles. The van der Waals surface area contributed by atoms with E-state index >= 15 is 0 Å². The number of benzene rings is 2. The number of carbonyl (C=O) groups excluding carboxylic acids is 2. The Hall–Kier alpha value is -2.83. The van der Waals surface area contributed by atoms with Gasteiger partial charge in [0.2, 0.25) is 0 Å². The molecule has 0 spiro atoms. The van der Waals surface area contributed by atoms with E-state index in [1.807, 2.05) is 6.92 Å². The molecule has 1 N–H and O–H groups in total. The van der Waals surface area contributed by atoms with Crippen molar-refractivity contribution in [3.63, 3.8) is 0 Å². The van der Waals surface area contributed by atoms with Crippen LogP contribution in [0.3, 0.4) is 0 Å². The third kappa shape index (κ3) is 3.99. The lowest BCUT2D eigenvalue weighted by atomic mass is 9.95. The number of ether oxygens (including phenoxy) is 2. The SMILES string of the molecule is COCCN1C(=O)C(=O)/C(=C(/O)c2ccc(OC)c(C)c2)[C@H]1c1ccc(Cl)cc1. The van der Waals surface area contributed by atoms with E-state index in [1.165, 1.54) is 12.0 Å². The number of ketones is 1. The number of carbonyl (C=O) groups is 2. The van der Waals surface area contributed by atoms with Crippen LogP contribution in [0, 0.1) is 6.92 Å². The minimum atomic E-state index is -0.732. The summed E-state index contributed by atoms with van der Waals surface area (Å²) in [6.07, 6.45) is 0. The second-order valence-electron chi connectivity index (χ2n) is 6.72. The van der Waals surface area contributed by atoms with Gasteiger partial charge in [-0.15, -0.1) is 0 Å². The van der Waals surface area contributed by atoms with Crippen molar-refractivity contribution in [1.82, 2.24) is 4.90 Å². The van der Waals surface area contributed by atoms with Crippen molar-refractivity contribution in [2.75, 3.05) is 27.4 Å². The van der Waals surface area contributed by atoms with Crippen LogP contribution < -0.4 is 4.74 Å². The normalized spacial score (nSPS) is 18.3. The highest BCUT2D eigenvalue weighted by molar-refractivity contribution is 6.46. The fourth-order valence-electron chi connectivity index (χ4n) is 3.47. The maximum atomic E-state index is 12.9. The van der Waals surface area contributed by atoms with Gasteiger partial charge in [0.1, 0.15) is 11.5 Å². The highest BCUT2D eigenvalue weighted by Crippen LogP contribution is 2.39. The van der Waals surface area contributed by atoms with Crippen LogP contribution >= 0.6 is 11.6 Å². The zero-order chi connectivity index (χ0) is 21.1. The zero-order valence-electron chi connectivity index (χ0n) is 16.4. The number of Topliss-reactive ketones (excluding diaryl/α,β-unsaturated/α-hetero) is 1. The highest BCUT2D eigenvalue weighted by atomic mass is 35.5. The number of hydrogen-bond donors (Lipinski definition) is 1. The number of aryl methyl sites for hydroxylation is 1. The van der Waals surface area contributed by atoms with Crippen LogP contribution in [0.1, 0.15) is 22.7 Å². The van der Waals surface area contributed by atoms with Gasteiger partial charge >= 0.3 is 0 Å². The number of aliphatic hydroxyl groups is 1. The van der Waals surface area contributed by atoms with Gasteiger partial charge in [0, 0.05) is 24.2 Å². The number of hydrogen-bond acceptors (Lipinski definition) is 5. The summed E-state index contributed by atoms with van der Waals surface area (Å²) < 4.78 is 10.3. The molecular formula is C22H22ClNO5. The number of likely N-dealkylation sites (tertiary alicyclic amines) is 1. The van der Waals surface area contributed by atoms with Crippen LogP contribution in [0.4, 0.5) is 0 Å². The molecule has 1 heterocycles. The monoisotopic (exact) mass is 415 g/mol. The molecule has 6 nitrogen and oxygen atoms in total. The summed E-state index contributed by atoms with van der Waals surface area (Å²) in [6.45, 7) is 2.31. The highest BCUT2D eigenvalue weighted by Gasteiger charge is 2.45. The molecule has 0 aliphatic carbocycles.